The molecule has 7 heteroatoms. The Bertz CT molecular complexity index is 934. The number of carbonyl (C=O) groups is 1. The Labute approximate surface area is 145 Å². The Morgan fingerprint density at radius 1 is 1.32 bits per heavy atom. The third kappa shape index (κ3) is 2.86. The molecule has 4 heterocycles. The molecule has 1 amide bonds. The zero-order valence-corrected chi connectivity index (χ0v) is 14.4. The average Bonchev–Trinajstić information content (AvgIpc) is 3.09. The molecule has 1 aliphatic heterocycles. The van der Waals surface area contributed by atoms with Crippen molar-refractivity contribution in [2.24, 2.45) is 0 Å². The van der Waals surface area contributed by atoms with Gasteiger partial charge in [-0.15, -0.1) is 0 Å². The topological polar surface area (TPSA) is 76.3 Å². The highest BCUT2D eigenvalue weighted by Gasteiger charge is 2.28. The van der Waals surface area contributed by atoms with Gasteiger partial charge in [0.15, 0.2) is 0 Å². The number of carbonyl (C=O) groups excluding carboxylic acids is 1. The summed E-state index contributed by atoms with van der Waals surface area (Å²) in [6.45, 7) is 5.35. The quantitative estimate of drug-likeness (QED) is 0.717. The fraction of sp³-hybridized carbons (Fsp3) is 0.389. The van der Waals surface area contributed by atoms with Gasteiger partial charge < -0.3 is 4.90 Å². The maximum Gasteiger partial charge on any atom is 0.254 e. The van der Waals surface area contributed by atoms with Gasteiger partial charge in [-0.1, -0.05) is 0 Å². The number of hydrogen-bond donors (Lipinski definition) is 0. The van der Waals surface area contributed by atoms with E-state index < -0.39 is 0 Å². The highest BCUT2D eigenvalue weighted by Crippen LogP contribution is 2.28. The number of nitrogens with zero attached hydrogens (tertiary/aromatic N) is 6. The first kappa shape index (κ1) is 15.7. The third-order valence-electron chi connectivity index (χ3n) is 4.79. The number of amides is 1. The van der Waals surface area contributed by atoms with Gasteiger partial charge in [-0.3, -0.25) is 9.78 Å². The van der Waals surface area contributed by atoms with Crippen LogP contribution in [0.4, 0.5) is 0 Å². The molecule has 25 heavy (non-hydrogen) atoms. The van der Waals surface area contributed by atoms with E-state index in [2.05, 4.69) is 26.1 Å². The van der Waals surface area contributed by atoms with Crippen molar-refractivity contribution in [3.05, 3.63) is 53.4 Å². The molecule has 0 bridgehead atoms. The zero-order chi connectivity index (χ0) is 17.4. The first-order valence-corrected chi connectivity index (χ1v) is 8.50. The molecule has 3 aromatic heterocycles. The summed E-state index contributed by atoms with van der Waals surface area (Å²) in [5, 5.41) is 4.31. The van der Waals surface area contributed by atoms with Gasteiger partial charge in [-0.25, -0.2) is 9.50 Å². The SMILES string of the molecule is Cc1cc(C2CCCN(C(=O)c3ccncc3C)C2)n2ncnc2n1. The van der Waals surface area contributed by atoms with Gasteiger partial charge in [0.05, 0.1) is 5.69 Å². The van der Waals surface area contributed by atoms with Crippen LogP contribution >= 0.6 is 0 Å². The first-order chi connectivity index (χ1) is 12.1. The summed E-state index contributed by atoms with van der Waals surface area (Å²) >= 11 is 0. The lowest BCUT2D eigenvalue weighted by Crippen LogP contribution is -2.40. The molecule has 0 aliphatic carbocycles. The van der Waals surface area contributed by atoms with E-state index >= 15 is 0 Å². The van der Waals surface area contributed by atoms with Crippen molar-refractivity contribution in [2.45, 2.75) is 32.6 Å². The number of likely N-dealkylation sites (tertiary alicyclic amines) is 1. The van der Waals surface area contributed by atoms with Gasteiger partial charge in [0.1, 0.15) is 6.33 Å². The first-order valence-electron chi connectivity index (χ1n) is 8.50. The molecule has 0 saturated carbocycles. The molecular formula is C18H20N6O. The van der Waals surface area contributed by atoms with Crippen molar-refractivity contribution in [1.29, 1.82) is 0 Å². The molecule has 0 aromatic carbocycles. The van der Waals surface area contributed by atoms with Crippen molar-refractivity contribution in [3.8, 4) is 0 Å². The lowest BCUT2D eigenvalue weighted by Gasteiger charge is -2.33. The fourth-order valence-corrected chi connectivity index (χ4v) is 3.54. The van der Waals surface area contributed by atoms with E-state index in [1.807, 2.05) is 18.7 Å². The van der Waals surface area contributed by atoms with Crippen LogP contribution < -0.4 is 0 Å². The van der Waals surface area contributed by atoms with E-state index in [1.165, 1.54) is 6.33 Å². The molecule has 128 valence electrons. The zero-order valence-electron chi connectivity index (χ0n) is 14.4. The van der Waals surface area contributed by atoms with Crippen molar-refractivity contribution in [1.82, 2.24) is 29.5 Å². The number of fused-ring (bicyclic) bond motifs is 1. The molecular weight excluding hydrogens is 316 g/mol. The largest absolute Gasteiger partial charge is 0.338 e. The second-order valence-corrected chi connectivity index (χ2v) is 6.58. The number of aromatic nitrogens is 5. The van der Waals surface area contributed by atoms with Gasteiger partial charge in [-0.2, -0.15) is 10.1 Å². The fourth-order valence-electron chi connectivity index (χ4n) is 3.54. The summed E-state index contributed by atoms with van der Waals surface area (Å²) in [7, 11) is 0. The van der Waals surface area contributed by atoms with Gasteiger partial charge >= 0.3 is 0 Å². The van der Waals surface area contributed by atoms with E-state index in [9.17, 15) is 4.79 Å². The molecule has 0 radical (unpaired) electrons. The van der Waals surface area contributed by atoms with E-state index in [0.29, 0.717) is 12.3 Å². The minimum absolute atomic E-state index is 0.0743. The highest BCUT2D eigenvalue weighted by molar-refractivity contribution is 5.95. The van der Waals surface area contributed by atoms with E-state index in [4.69, 9.17) is 0 Å². The summed E-state index contributed by atoms with van der Waals surface area (Å²) in [4.78, 5) is 27.6. The molecule has 0 spiro atoms. The monoisotopic (exact) mass is 336 g/mol. The Hall–Kier alpha value is -2.83. The van der Waals surface area contributed by atoms with Crippen LogP contribution in [-0.4, -0.2) is 48.5 Å². The van der Waals surface area contributed by atoms with Crippen LogP contribution in [0.25, 0.3) is 5.78 Å². The van der Waals surface area contributed by atoms with Gasteiger partial charge in [0.25, 0.3) is 11.7 Å². The molecule has 3 aromatic rings. The Morgan fingerprint density at radius 3 is 3.04 bits per heavy atom. The van der Waals surface area contributed by atoms with Crippen LogP contribution in [0.15, 0.2) is 30.9 Å². The van der Waals surface area contributed by atoms with Gasteiger partial charge in [0, 0.05) is 42.7 Å². The number of piperidine rings is 1. The van der Waals surface area contributed by atoms with Gasteiger partial charge in [-0.05, 0) is 44.4 Å². The highest BCUT2D eigenvalue weighted by atomic mass is 16.2. The maximum atomic E-state index is 12.9. The number of pyridine rings is 1. The average molecular weight is 336 g/mol. The summed E-state index contributed by atoms with van der Waals surface area (Å²) in [5.41, 5.74) is 3.63. The van der Waals surface area contributed by atoms with Crippen molar-refractivity contribution in [2.75, 3.05) is 13.1 Å². The smallest absolute Gasteiger partial charge is 0.254 e. The van der Waals surface area contributed by atoms with Crippen molar-refractivity contribution < 1.29 is 4.79 Å². The lowest BCUT2D eigenvalue weighted by atomic mass is 9.93. The predicted octanol–water partition coefficient (Wildman–Crippen LogP) is 2.16. The number of hydrogen-bond acceptors (Lipinski definition) is 5. The van der Waals surface area contributed by atoms with E-state index in [1.54, 1.807) is 23.0 Å². The summed E-state index contributed by atoms with van der Waals surface area (Å²) < 4.78 is 1.79. The van der Waals surface area contributed by atoms with Crippen LogP contribution in [0.1, 0.15) is 46.1 Å². The molecule has 1 atom stereocenters. The van der Waals surface area contributed by atoms with Crippen LogP contribution in [0.2, 0.25) is 0 Å². The van der Waals surface area contributed by atoms with Crippen LogP contribution in [-0.2, 0) is 0 Å². The second kappa shape index (κ2) is 6.23. The number of rotatable bonds is 2. The molecule has 7 nitrogen and oxygen atoms in total. The molecule has 1 saturated heterocycles. The Balaban J connectivity index is 1.64. The Kier molecular flexibility index (Phi) is 3.91. The minimum atomic E-state index is 0.0743. The minimum Gasteiger partial charge on any atom is -0.338 e. The van der Waals surface area contributed by atoms with Crippen LogP contribution in [0.5, 0.6) is 0 Å². The molecule has 4 rings (SSSR count). The second-order valence-electron chi connectivity index (χ2n) is 6.58. The molecule has 0 N–H and O–H groups in total. The van der Waals surface area contributed by atoms with Crippen LogP contribution in [0.3, 0.4) is 0 Å². The lowest BCUT2D eigenvalue weighted by molar-refractivity contribution is 0.0704. The Morgan fingerprint density at radius 2 is 2.20 bits per heavy atom. The van der Waals surface area contributed by atoms with E-state index in [0.717, 1.165) is 41.9 Å². The maximum absolute atomic E-state index is 12.9. The van der Waals surface area contributed by atoms with Crippen molar-refractivity contribution in [3.63, 3.8) is 0 Å². The normalized spacial score (nSPS) is 17.8. The number of aryl methyl sites for hydroxylation is 2. The standard InChI is InChI=1S/C18H20N6O/c1-12-9-19-6-5-15(12)17(25)23-7-3-4-14(10-23)16-8-13(2)22-18-20-11-21-24(16)18/h5-6,8-9,11,14H,3-4,7,10H2,1-2H3. The molecule has 1 fully saturated rings. The van der Waals surface area contributed by atoms with Crippen molar-refractivity contribution >= 4 is 11.7 Å². The summed E-state index contributed by atoms with van der Waals surface area (Å²) in [6.07, 6.45) is 6.93. The van der Waals surface area contributed by atoms with Crippen LogP contribution in [0, 0.1) is 13.8 Å². The van der Waals surface area contributed by atoms with E-state index in [-0.39, 0.29) is 11.8 Å². The molecule has 1 aliphatic rings. The summed E-state index contributed by atoms with van der Waals surface area (Å²) in [6, 6.07) is 3.85. The molecule has 1 unspecified atom stereocenters. The predicted molar refractivity (Wildman–Crippen MR) is 92.4 cm³/mol. The third-order valence-corrected chi connectivity index (χ3v) is 4.79. The van der Waals surface area contributed by atoms with Gasteiger partial charge in [0.2, 0.25) is 0 Å². The summed E-state index contributed by atoms with van der Waals surface area (Å²) in [5.74, 6) is 0.916.